The number of hydrogen-bond donors (Lipinski definition) is 1. The lowest BCUT2D eigenvalue weighted by Gasteiger charge is -2.38. The summed E-state index contributed by atoms with van der Waals surface area (Å²) in [4.78, 5) is 14.4. The summed E-state index contributed by atoms with van der Waals surface area (Å²) < 4.78 is 10.5. The third-order valence-electron chi connectivity index (χ3n) is 3.93. The van der Waals surface area contributed by atoms with E-state index in [2.05, 4.69) is 24.1 Å². The van der Waals surface area contributed by atoms with Crippen LogP contribution in [0.3, 0.4) is 0 Å². The third-order valence-corrected chi connectivity index (χ3v) is 3.93. The number of nitrogens with one attached hydrogen (secondary N) is 1. The van der Waals surface area contributed by atoms with Gasteiger partial charge in [0.2, 0.25) is 0 Å². The molecule has 19 heavy (non-hydrogen) atoms. The molecule has 0 aromatic rings. The van der Waals surface area contributed by atoms with E-state index in [0.717, 1.165) is 26.2 Å². The number of rotatable bonds is 7. The Morgan fingerprint density at radius 3 is 2.68 bits per heavy atom. The highest BCUT2D eigenvalue weighted by Gasteiger charge is 2.42. The average molecular weight is 272 g/mol. The fraction of sp³-hybridized carbons (Fsp3) is 0.929. The number of nitrogens with zero attached hydrogens (tertiary/aromatic N) is 1. The maximum Gasteiger partial charge on any atom is 0.326 e. The van der Waals surface area contributed by atoms with Gasteiger partial charge >= 0.3 is 5.97 Å². The lowest BCUT2D eigenvalue weighted by Crippen LogP contribution is -2.58. The summed E-state index contributed by atoms with van der Waals surface area (Å²) in [7, 11) is 1.45. The van der Waals surface area contributed by atoms with Crippen molar-refractivity contribution in [2.24, 2.45) is 0 Å². The maximum absolute atomic E-state index is 12.1. The van der Waals surface area contributed by atoms with E-state index in [4.69, 9.17) is 9.47 Å². The van der Waals surface area contributed by atoms with Gasteiger partial charge in [0.25, 0.3) is 0 Å². The molecule has 112 valence electrons. The number of ether oxygens (including phenoxy) is 2. The normalized spacial score (nSPS) is 27.5. The number of methoxy groups -OCH3 is 1. The molecule has 0 saturated carbocycles. The van der Waals surface area contributed by atoms with Crippen LogP contribution in [0.2, 0.25) is 0 Å². The van der Waals surface area contributed by atoms with Gasteiger partial charge < -0.3 is 19.7 Å². The quantitative estimate of drug-likeness (QED) is 0.702. The second-order valence-electron chi connectivity index (χ2n) is 5.16. The Kier molecular flexibility index (Phi) is 6.75. The zero-order chi connectivity index (χ0) is 14.3. The summed E-state index contributed by atoms with van der Waals surface area (Å²) in [6, 6.07) is 0. The Labute approximate surface area is 116 Å². The molecule has 0 aliphatic carbocycles. The monoisotopic (exact) mass is 272 g/mol. The smallest absolute Gasteiger partial charge is 0.326 e. The molecular weight excluding hydrogens is 244 g/mol. The Balaban J connectivity index is 2.57. The largest absolute Gasteiger partial charge is 0.468 e. The Morgan fingerprint density at radius 1 is 1.47 bits per heavy atom. The topological polar surface area (TPSA) is 50.8 Å². The van der Waals surface area contributed by atoms with Crippen LogP contribution in [0, 0.1) is 0 Å². The van der Waals surface area contributed by atoms with Crippen LogP contribution in [0.15, 0.2) is 0 Å². The summed E-state index contributed by atoms with van der Waals surface area (Å²) >= 11 is 0. The van der Waals surface area contributed by atoms with Crippen LogP contribution in [0.4, 0.5) is 0 Å². The molecule has 0 spiro atoms. The highest BCUT2D eigenvalue weighted by molar-refractivity contribution is 5.81. The molecule has 0 aromatic heterocycles. The molecule has 5 heteroatoms. The molecule has 2 unspecified atom stereocenters. The van der Waals surface area contributed by atoms with E-state index in [1.165, 1.54) is 7.11 Å². The minimum Gasteiger partial charge on any atom is -0.468 e. The molecule has 1 saturated heterocycles. The fourth-order valence-corrected chi connectivity index (χ4v) is 2.69. The van der Waals surface area contributed by atoms with Gasteiger partial charge in [0.05, 0.1) is 13.2 Å². The van der Waals surface area contributed by atoms with E-state index >= 15 is 0 Å². The highest BCUT2D eigenvalue weighted by Crippen LogP contribution is 2.26. The summed E-state index contributed by atoms with van der Waals surface area (Å²) in [5.41, 5.74) is -0.570. The van der Waals surface area contributed by atoms with Crippen LogP contribution in [0.25, 0.3) is 0 Å². The fourth-order valence-electron chi connectivity index (χ4n) is 2.69. The van der Waals surface area contributed by atoms with E-state index in [1.807, 2.05) is 6.92 Å². The number of esters is 1. The zero-order valence-electron chi connectivity index (χ0n) is 12.7. The van der Waals surface area contributed by atoms with Gasteiger partial charge in [-0.25, -0.2) is 0 Å². The summed E-state index contributed by atoms with van der Waals surface area (Å²) in [6.45, 7) is 10.7. The average Bonchev–Trinajstić information content (AvgIpc) is 2.42. The van der Waals surface area contributed by atoms with Gasteiger partial charge in [-0.2, -0.15) is 0 Å². The Bertz CT molecular complexity index is 282. The molecule has 1 aliphatic heterocycles. The lowest BCUT2D eigenvalue weighted by atomic mass is 9.87. The molecule has 0 aromatic carbocycles. The molecule has 0 radical (unpaired) electrons. The van der Waals surface area contributed by atoms with Crippen molar-refractivity contribution >= 4 is 5.97 Å². The molecule has 1 fully saturated rings. The third kappa shape index (κ3) is 4.44. The van der Waals surface area contributed by atoms with Gasteiger partial charge in [-0.1, -0.05) is 13.8 Å². The molecular formula is C14H28N2O3. The molecule has 2 atom stereocenters. The van der Waals surface area contributed by atoms with Crippen molar-refractivity contribution < 1.29 is 14.3 Å². The second-order valence-corrected chi connectivity index (χ2v) is 5.16. The van der Waals surface area contributed by atoms with Crippen LogP contribution in [0.1, 0.15) is 33.6 Å². The molecule has 1 rings (SSSR count). The Hall–Kier alpha value is -0.650. The van der Waals surface area contributed by atoms with Crippen molar-refractivity contribution in [1.29, 1.82) is 0 Å². The summed E-state index contributed by atoms with van der Waals surface area (Å²) in [5, 5.41) is 3.42. The van der Waals surface area contributed by atoms with E-state index in [9.17, 15) is 4.79 Å². The molecule has 5 nitrogen and oxygen atoms in total. The summed E-state index contributed by atoms with van der Waals surface area (Å²) in [6.07, 6.45) is 1.45. The number of carbonyl (C=O) groups excluding carboxylic acids is 1. The molecule has 1 N–H and O–H groups in total. The van der Waals surface area contributed by atoms with Gasteiger partial charge in [-0.3, -0.25) is 4.79 Å². The zero-order valence-corrected chi connectivity index (χ0v) is 12.7. The first-order valence-corrected chi connectivity index (χ1v) is 7.25. The first-order chi connectivity index (χ1) is 9.07. The van der Waals surface area contributed by atoms with Crippen molar-refractivity contribution in [3.05, 3.63) is 0 Å². The van der Waals surface area contributed by atoms with Crippen molar-refractivity contribution in [3.63, 3.8) is 0 Å². The van der Waals surface area contributed by atoms with E-state index in [1.54, 1.807) is 0 Å². The first-order valence-electron chi connectivity index (χ1n) is 7.25. The maximum atomic E-state index is 12.1. The van der Waals surface area contributed by atoms with Crippen molar-refractivity contribution in [1.82, 2.24) is 10.2 Å². The first kappa shape index (κ1) is 16.4. The highest BCUT2D eigenvalue weighted by atomic mass is 16.5. The van der Waals surface area contributed by atoms with Gasteiger partial charge in [0.1, 0.15) is 5.54 Å². The predicted octanol–water partition coefficient (Wildman–Crippen LogP) is 1.03. The minimum atomic E-state index is -0.570. The van der Waals surface area contributed by atoms with Crippen LogP contribution in [-0.4, -0.2) is 62.4 Å². The van der Waals surface area contributed by atoms with Crippen LogP contribution >= 0.6 is 0 Å². The van der Waals surface area contributed by atoms with Crippen LogP contribution in [0.5, 0.6) is 0 Å². The number of hydrogen-bond acceptors (Lipinski definition) is 5. The minimum absolute atomic E-state index is 0.0915. The van der Waals surface area contributed by atoms with E-state index in [0.29, 0.717) is 19.4 Å². The molecule has 1 heterocycles. The number of carbonyl (C=O) groups is 1. The van der Waals surface area contributed by atoms with Crippen molar-refractivity contribution in [3.8, 4) is 0 Å². The van der Waals surface area contributed by atoms with E-state index < -0.39 is 5.54 Å². The van der Waals surface area contributed by atoms with Gasteiger partial charge in [0.15, 0.2) is 0 Å². The van der Waals surface area contributed by atoms with Crippen LogP contribution < -0.4 is 5.32 Å². The SMILES string of the molecule is CCN(CC)CCNC1(C(=O)OC)CCOC(C)C1. The van der Waals surface area contributed by atoms with Gasteiger partial charge in [-0.05, 0) is 26.4 Å². The molecule has 0 bridgehead atoms. The van der Waals surface area contributed by atoms with Crippen molar-refractivity contribution in [2.75, 3.05) is 39.9 Å². The molecule has 0 amide bonds. The van der Waals surface area contributed by atoms with Crippen LogP contribution in [-0.2, 0) is 14.3 Å². The standard InChI is InChI=1S/C14H28N2O3/c1-5-16(6-2)9-8-15-14(13(17)18-4)7-10-19-12(3)11-14/h12,15H,5-11H2,1-4H3. The van der Waals surface area contributed by atoms with Gasteiger partial charge in [0, 0.05) is 26.1 Å². The predicted molar refractivity (Wildman–Crippen MR) is 75.2 cm³/mol. The summed E-state index contributed by atoms with van der Waals surface area (Å²) in [5.74, 6) is -0.165. The molecule has 1 aliphatic rings. The lowest BCUT2D eigenvalue weighted by molar-refractivity contribution is -0.155. The van der Waals surface area contributed by atoms with E-state index in [-0.39, 0.29) is 12.1 Å². The van der Waals surface area contributed by atoms with Crippen molar-refractivity contribution in [2.45, 2.75) is 45.3 Å². The number of likely N-dealkylation sites (N-methyl/N-ethyl adjacent to an activating group) is 1. The Morgan fingerprint density at radius 2 is 2.16 bits per heavy atom. The second kappa shape index (κ2) is 7.82. The van der Waals surface area contributed by atoms with Gasteiger partial charge in [-0.15, -0.1) is 0 Å².